The van der Waals surface area contributed by atoms with Gasteiger partial charge in [-0.2, -0.15) is 0 Å². The van der Waals surface area contributed by atoms with E-state index in [0.29, 0.717) is 6.61 Å². The molecular formula is C6H13KO8. The van der Waals surface area contributed by atoms with Crippen molar-refractivity contribution in [3.8, 4) is 0 Å². The first-order valence-corrected chi connectivity index (χ1v) is 3.21. The van der Waals surface area contributed by atoms with E-state index >= 15 is 0 Å². The van der Waals surface area contributed by atoms with E-state index in [1.807, 2.05) is 0 Å². The summed E-state index contributed by atoms with van der Waals surface area (Å²) in [7, 11) is 0. The Kier molecular flexibility index (Phi) is 30.9. The van der Waals surface area contributed by atoms with Gasteiger partial charge in [0.05, 0.1) is 6.61 Å². The first-order valence-electron chi connectivity index (χ1n) is 3.21. The van der Waals surface area contributed by atoms with Crippen molar-refractivity contribution < 1.29 is 92.4 Å². The van der Waals surface area contributed by atoms with Gasteiger partial charge >= 0.3 is 69.7 Å². The van der Waals surface area contributed by atoms with Crippen molar-refractivity contribution in [1.82, 2.24) is 0 Å². The van der Waals surface area contributed by atoms with Crippen molar-refractivity contribution in [2.75, 3.05) is 6.61 Å². The molecule has 0 aromatic heterocycles. The summed E-state index contributed by atoms with van der Waals surface area (Å²) in [5, 5.41) is 27.9. The Labute approximate surface area is 130 Å². The van der Waals surface area contributed by atoms with E-state index in [9.17, 15) is 4.79 Å². The molecule has 0 radical (unpaired) electrons. The minimum Gasteiger partial charge on any atom is -1.00 e. The van der Waals surface area contributed by atoms with E-state index in [2.05, 4.69) is 4.74 Å². The van der Waals surface area contributed by atoms with Gasteiger partial charge in [0.1, 0.15) is 0 Å². The average Bonchev–Trinajstić information content (AvgIpc) is 1.82. The Bertz CT molecular complexity index is 165. The van der Waals surface area contributed by atoms with Crippen LogP contribution >= 0.6 is 0 Å². The molecule has 0 aliphatic carbocycles. The van der Waals surface area contributed by atoms with Crippen LogP contribution in [0, 0.1) is 0 Å². The SMILES string of the molecule is CCOC(C)=O.O=C(O)O.O=C(O)O.[H-].[K+]. The van der Waals surface area contributed by atoms with Gasteiger partial charge in [-0.1, -0.05) is 0 Å². The summed E-state index contributed by atoms with van der Waals surface area (Å²) in [6.45, 7) is 3.65. The average molecular weight is 252 g/mol. The molecule has 0 spiro atoms. The first kappa shape index (κ1) is 24.1. The van der Waals surface area contributed by atoms with Crippen LogP contribution in [0.4, 0.5) is 9.59 Å². The maximum Gasteiger partial charge on any atom is 1.00 e. The van der Waals surface area contributed by atoms with E-state index in [1.54, 1.807) is 6.92 Å². The van der Waals surface area contributed by atoms with Crippen LogP contribution in [0.2, 0.25) is 0 Å². The van der Waals surface area contributed by atoms with Crippen LogP contribution in [-0.4, -0.2) is 45.3 Å². The van der Waals surface area contributed by atoms with Gasteiger partial charge in [-0.05, 0) is 6.92 Å². The van der Waals surface area contributed by atoms with Crippen LogP contribution < -0.4 is 51.4 Å². The van der Waals surface area contributed by atoms with E-state index in [-0.39, 0.29) is 58.8 Å². The number of carboxylic acid groups (broad SMARTS) is 4. The zero-order valence-electron chi connectivity index (χ0n) is 9.63. The molecule has 8 nitrogen and oxygen atoms in total. The summed E-state index contributed by atoms with van der Waals surface area (Å²) in [6, 6.07) is 0. The van der Waals surface area contributed by atoms with Crippen molar-refractivity contribution in [3.05, 3.63) is 0 Å². The largest absolute Gasteiger partial charge is 1.00 e. The third kappa shape index (κ3) is 264. The summed E-state index contributed by atoms with van der Waals surface area (Å²) < 4.78 is 4.40. The second kappa shape index (κ2) is 19.3. The molecule has 86 valence electrons. The second-order valence-corrected chi connectivity index (χ2v) is 1.49. The predicted molar refractivity (Wildman–Crippen MR) is 44.7 cm³/mol. The van der Waals surface area contributed by atoms with Crippen molar-refractivity contribution in [1.29, 1.82) is 0 Å². The molecule has 0 unspecified atom stereocenters. The van der Waals surface area contributed by atoms with E-state index in [1.165, 1.54) is 6.92 Å². The maximum absolute atomic E-state index is 9.82. The Balaban J connectivity index is -0.0000000367. The molecule has 0 aromatic rings. The van der Waals surface area contributed by atoms with Crippen molar-refractivity contribution in [2.24, 2.45) is 0 Å². The van der Waals surface area contributed by atoms with E-state index in [0.717, 1.165) is 0 Å². The molecule has 0 atom stereocenters. The molecule has 15 heavy (non-hydrogen) atoms. The van der Waals surface area contributed by atoms with Gasteiger partial charge in [0, 0.05) is 6.92 Å². The molecule has 0 saturated heterocycles. The minimum atomic E-state index is -1.83. The molecule has 4 N–H and O–H groups in total. The third-order valence-electron chi connectivity index (χ3n) is 0.348. The van der Waals surface area contributed by atoms with E-state index < -0.39 is 12.3 Å². The molecule has 0 bridgehead atoms. The summed E-state index contributed by atoms with van der Waals surface area (Å²) >= 11 is 0. The number of hydrogen-bond acceptors (Lipinski definition) is 4. The van der Waals surface area contributed by atoms with E-state index in [4.69, 9.17) is 30.0 Å². The molecule has 0 saturated carbocycles. The molecule has 9 heteroatoms. The molecule has 0 rings (SSSR count). The maximum atomic E-state index is 9.82. The van der Waals surface area contributed by atoms with Gasteiger partial charge in [0.2, 0.25) is 0 Å². The van der Waals surface area contributed by atoms with Crippen molar-refractivity contribution in [3.63, 3.8) is 0 Å². The minimum absolute atomic E-state index is 0. The summed E-state index contributed by atoms with van der Waals surface area (Å²) in [5.41, 5.74) is 0. The van der Waals surface area contributed by atoms with Gasteiger partial charge < -0.3 is 26.6 Å². The smallest absolute Gasteiger partial charge is 1.00 e. The zero-order chi connectivity index (χ0) is 12.1. The van der Waals surface area contributed by atoms with Gasteiger partial charge in [-0.3, -0.25) is 4.79 Å². The molecule has 0 aromatic carbocycles. The fourth-order valence-electron chi connectivity index (χ4n) is 0.203. The second-order valence-electron chi connectivity index (χ2n) is 1.49. The number of carbonyl (C=O) groups excluding carboxylic acids is 1. The predicted octanol–water partition coefficient (Wildman–Crippen LogP) is -1.87. The van der Waals surface area contributed by atoms with Gasteiger partial charge in [0.25, 0.3) is 0 Å². The molecular weight excluding hydrogens is 239 g/mol. The van der Waals surface area contributed by atoms with Crippen LogP contribution in [0.15, 0.2) is 0 Å². The molecule has 0 aliphatic heterocycles. The van der Waals surface area contributed by atoms with Crippen molar-refractivity contribution >= 4 is 18.3 Å². The number of rotatable bonds is 1. The fourth-order valence-corrected chi connectivity index (χ4v) is 0.203. The summed E-state index contributed by atoms with van der Waals surface area (Å²) in [5.74, 6) is -0.211. The normalized spacial score (nSPS) is 6.27. The van der Waals surface area contributed by atoms with Crippen LogP contribution in [0.25, 0.3) is 0 Å². The standard InChI is InChI=1S/C4H8O2.2CH2O3.K.H/c1-3-6-4(2)5;2*2-1(3)4;;/h3H2,1-2H3;2*(H2,2,3,4);;/q;;;+1;-1. The number of hydrogen-bond donors (Lipinski definition) is 4. The monoisotopic (exact) mass is 252 g/mol. The Morgan fingerprint density at radius 3 is 1.27 bits per heavy atom. The van der Waals surface area contributed by atoms with Crippen LogP contribution in [0.3, 0.4) is 0 Å². The Morgan fingerprint density at radius 1 is 1.07 bits per heavy atom. The zero-order valence-corrected chi connectivity index (χ0v) is 11.8. The van der Waals surface area contributed by atoms with Crippen LogP contribution in [0.5, 0.6) is 0 Å². The van der Waals surface area contributed by atoms with Gasteiger partial charge in [-0.25, -0.2) is 9.59 Å². The summed E-state index contributed by atoms with van der Waals surface area (Å²) in [4.78, 5) is 26.9. The van der Waals surface area contributed by atoms with Gasteiger partial charge in [0.15, 0.2) is 0 Å². The quantitative estimate of drug-likeness (QED) is 0.314. The first-order chi connectivity index (χ1) is 6.23. The summed E-state index contributed by atoms with van der Waals surface area (Å²) in [6.07, 6.45) is -3.67. The third-order valence-corrected chi connectivity index (χ3v) is 0.348. The van der Waals surface area contributed by atoms with Crippen LogP contribution in [-0.2, 0) is 9.53 Å². The Hall–Kier alpha value is -0.354. The Morgan fingerprint density at radius 2 is 1.27 bits per heavy atom. The fraction of sp³-hybridized carbons (Fsp3) is 0.500. The molecule has 0 aliphatic rings. The number of esters is 1. The number of ether oxygens (including phenoxy) is 1. The number of carbonyl (C=O) groups is 3. The topological polar surface area (TPSA) is 141 Å². The van der Waals surface area contributed by atoms with Gasteiger partial charge in [-0.15, -0.1) is 0 Å². The molecule has 0 heterocycles. The molecule has 0 fully saturated rings. The molecule has 0 amide bonds. The van der Waals surface area contributed by atoms with Crippen LogP contribution in [0.1, 0.15) is 15.3 Å². The van der Waals surface area contributed by atoms with Crippen molar-refractivity contribution in [2.45, 2.75) is 13.8 Å².